The highest BCUT2D eigenvalue weighted by atomic mass is 32.1. The minimum atomic E-state index is -0.334. The van der Waals surface area contributed by atoms with Crippen LogP contribution in [0.5, 0.6) is 0 Å². The summed E-state index contributed by atoms with van der Waals surface area (Å²) < 4.78 is 4.54. The molecule has 86 valence electrons. The topological polar surface area (TPSA) is 26.3 Å². The highest BCUT2D eigenvalue weighted by molar-refractivity contribution is 7.11. The quantitative estimate of drug-likeness (QED) is 0.609. The number of benzene rings is 1. The summed E-state index contributed by atoms with van der Waals surface area (Å²) in [6.45, 7) is 0. The molecule has 0 N–H and O–H groups in total. The monoisotopic (exact) mass is 244 g/mol. The highest BCUT2D eigenvalue weighted by Gasteiger charge is 2.00. The molecule has 0 atom stereocenters. The normalized spacial score (nSPS) is 10.6. The number of carbonyl (C=O) groups excluding carboxylic acids is 1. The number of hydrogen-bond donors (Lipinski definition) is 0. The molecule has 0 aliphatic carbocycles. The Morgan fingerprint density at radius 1 is 1.24 bits per heavy atom. The van der Waals surface area contributed by atoms with E-state index in [0.717, 1.165) is 4.88 Å². The van der Waals surface area contributed by atoms with Crippen molar-refractivity contribution in [2.24, 2.45) is 0 Å². The molecule has 0 saturated carbocycles. The molecule has 0 amide bonds. The van der Waals surface area contributed by atoms with E-state index >= 15 is 0 Å². The second-order valence-corrected chi connectivity index (χ2v) is 4.40. The summed E-state index contributed by atoms with van der Waals surface area (Å²) in [6, 6.07) is 12.2. The zero-order valence-electron chi connectivity index (χ0n) is 9.42. The predicted molar refractivity (Wildman–Crippen MR) is 70.8 cm³/mol. The van der Waals surface area contributed by atoms with Crippen LogP contribution in [0.2, 0.25) is 0 Å². The molecule has 1 aromatic heterocycles. The lowest BCUT2D eigenvalue weighted by Gasteiger charge is -1.94. The molecule has 2 nitrogen and oxygen atoms in total. The first-order valence-corrected chi connectivity index (χ1v) is 6.07. The first-order valence-electron chi connectivity index (χ1n) is 5.19. The SMILES string of the molecule is COC(=O)C=Cc1cc(-c2ccccc2)cs1. The van der Waals surface area contributed by atoms with Crippen LogP contribution in [0.4, 0.5) is 0 Å². The molecular formula is C14H12O2S. The Morgan fingerprint density at radius 3 is 2.71 bits per heavy atom. The van der Waals surface area contributed by atoms with Crippen LogP contribution in [0.15, 0.2) is 47.9 Å². The number of carbonyl (C=O) groups is 1. The fraction of sp³-hybridized carbons (Fsp3) is 0.0714. The number of methoxy groups -OCH3 is 1. The van der Waals surface area contributed by atoms with E-state index in [4.69, 9.17) is 0 Å². The maximum absolute atomic E-state index is 11.0. The number of hydrogen-bond acceptors (Lipinski definition) is 3. The van der Waals surface area contributed by atoms with E-state index in [0.29, 0.717) is 0 Å². The van der Waals surface area contributed by atoms with E-state index in [1.165, 1.54) is 24.3 Å². The molecule has 0 bridgehead atoms. The van der Waals surface area contributed by atoms with Gasteiger partial charge in [-0.15, -0.1) is 11.3 Å². The van der Waals surface area contributed by atoms with Crippen LogP contribution in [0.3, 0.4) is 0 Å². The highest BCUT2D eigenvalue weighted by Crippen LogP contribution is 2.26. The third kappa shape index (κ3) is 3.04. The summed E-state index contributed by atoms with van der Waals surface area (Å²) in [5.41, 5.74) is 2.35. The summed E-state index contributed by atoms with van der Waals surface area (Å²) >= 11 is 1.60. The average molecular weight is 244 g/mol. The van der Waals surface area contributed by atoms with Crippen molar-refractivity contribution in [3.05, 3.63) is 52.7 Å². The van der Waals surface area contributed by atoms with Crippen molar-refractivity contribution in [1.29, 1.82) is 0 Å². The van der Waals surface area contributed by atoms with Gasteiger partial charge in [-0.2, -0.15) is 0 Å². The van der Waals surface area contributed by atoms with Gasteiger partial charge in [0.25, 0.3) is 0 Å². The lowest BCUT2D eigenvalue weighted by atomic mass is 10.1. The number of thiophene rings is 1. The van der Waals surface area contributed by atoms with Gasteiger partial charge in [-0.25, -0.2) is 4.79 Å². The van der Waals surface area contributed by atoms with Crippen LogP contribution in [0, 0.1) is 0 Å². The smallest absolute Gasteiger partial charge is 0.330 e. The van der Waals surface area contributed by atoms with E-state index in [1.54, 1.807) is 17.4 Å². The Bertz CT molecular complexity index is 526. The first kappa shape index (κ1) is 11.6. The summed E-state index contributed by atoms with van der Waals surface area (Å²) in [5, 5.41) is 2.08. The van der Waals surface area contributed by atoms with Gasteiger partial charge in [-0.05, 0) is 28.6 Å². The Hall–Kier alpha value is -1.87. The minimum Gasteiger partial charge on any atom is -0.466 e. The van der Waals surface area contributed by atoms with Crippen LogP contribution in [0.1, 0.15) is 4.88 Å². The van der Waals surface area contributed by atoms with Gasteiger partial charge in [0, 0.05) is 11.0 Å². The maximum Gasteiger partial charge on any atom is 0.330 e. The first-order chi connectivity index (χ1) is 8.29. The molecule has 1 aromatic carbocycles. The van der Waals surface area contributed by atoms with Gasteiger partial charge in [0.15, 0.2) is 0 Å². The summed E-state index contributed by atoms with van der Waals surface area (Å²) in [6.07, 6.45) is 3.20. The molecule has 2 rings (SSSR count). The van der Waals surface area contributed by atoms with Gasteiger partial charge < -0.3 is 4.74 Å². The van der Waals surface area contributed by atoms with Gasteiger partial charge in [-0.1, -0.05) is 30.3 Å². The van der Waals surface area contributed by atoms with Crippen molar-refractivity contribution in [2.45, 2.75) is 0 Å². The van der Waals surface area contributed by atoms with Gasteiger partial charge in [-0.3, -0.25) is 0 Å². The third-order valence-electron chi connectivity index (χ3n) is 2.31. The molecule has 2 aromatic rings. The van der Waals surface area contributed by atoms with Crippen molar-refractivity contribution in [3.8, 4) is 11.1 Å². The van der Waals surface area contributed by atoms with Crippen molar-refractivity contribution >= 4 is 23.4 Å². The van der Waals surface area contributed by atoms with Crippen LogP contribution in [-0.2, 0) is 9.53 Å². The second-order valence-electron chi connectivity index (χ2n) is 3.46. The average Bonchev–Trinajstić information content (AvgIpc) is 2.86. The molecular weight excluding hydrogens is 232 g/mol. The zero-order valence-corrected chi connectivity index (χ0v) is 10.2. The van der Waals surface area contributed by atoms with E-state index < -0.39 is 0 Å². The van der Waals surface area contributed by atoms with Gasteiger partial charge in [0.1, 0.15) is 0 Å². The van der Waals surface area contributed by atoms with Crippen molar-refractivity contribution in [3.63, 3.8) is 0 Å². The zero-order chi connectivity index (χ0) is 12.1. The summed E-state index contributed by atoms with van der Waals surface area (Å²) in [5.74, 6) is -0.334. The Balaban J connectivity index is 2.17. The molecule has 3 heteroatoms. The van der Waals surface area contributed by atoms with E-state index in [9.17, 15) is 4.79 Å². The molecule has 0 spiro atoms. The molecule has 0 radical (unpaired) electrons. The molecule has 0 fully saturated rings. The lowest BCUT2D eigenvalue weighted by Crippen LogP contribution is -1.92. The Kier molecular flexibility index (Phi) is 3.73. The third-order valence-corrected chi connectivity index (χ3v) is 3.21. The summed E-state index contributed by atoms with van der Waals surface area (Å²) in [7, 11) is 1.37. The molecule has 1 heterocycles. The maximum atomic E-state index is 11.0. The molecule has 0 aliphatic rings. The number of esters is 1. The van der Waals surface area contributed by atoms with Crippen LogP contribution < -0.4 is 0 Å². The molecule has 0 aliphatic heterocycles. The van der Waals surface area contributed by atoms with E-state index in [1.807, 2.05) is 18.2 Å². The Morgan fingerprint density at radius 2 is 2.00 bits per heavy atom. The molecule has 0 unspecified atom stereocenters. The summed E-state index contributed by atoms with van der Waals surface area (Å²) in [4.78, 5) is 12.0. The molecule has 17 heavy (non-hydrogen) atoms. The van der Waals surface area contributed by atoms with E-state index in [2.05, 4.69) is 28.3 Å². The minimum absolute atomic E-state index is 0.334. The Labute approximate surface area is 104 Å². The van der Waals surface area contributed by atoms with Crippen molar-refractivity contribution in [1.82, 2.24) is 0 Å². The standard InChI is InChI=1S/C14H12O2S/c1-16-14(15)8-7-13-9-12(10-17-13)11-5-3-2-4-6-11/h2-10H,1H3. The van der Waals surface area contributed by atoms with Crippen LogP contribution in [-0.4, -0.2) is 13.1 Å². The second kappa shape index (κ2) is 5.46. The molecule has 0 saturated heterocycles. The van der Waals surface area contributed by atoms with E-state index in [-0.39, 0.29) is 5.97 Å². The van der Waals surface area contributed by atoms with Crippen molar-refractivity contribution < 1.29 is 9.53 Å². The van der Waals surface area contributed by atoms with Gasteiger partial charge >= 0.3 is 5.97 Å². The van der Waals surface area contributed by atoms with Crippen LogP contribution in [0.25, 0.3) is 17.2 Å². The van der Waals surface area contributed by atoms with Gasteiger partial charge in [0.05, 0.1) is 7.11 Å². The van der Waals surface area contributed by atoms with Crippen molar-refractivity contribution in [2.75, 3.05) is 7.11 Å². The predicted octanol–water partition coefficient (Wildman–Crippen LogP) is 3.60. The fourth-order valence-electron chi connectivity index (χ4n) is 1.44. The lowest BCUT2D eigenvalue weighted by molar-refractivity contribution is -0.134. The van der Waals surface area contributed by atoms with Crippen LogP contribution >= 0.6 is 11.3 Å². The number of ether oxygens (including phenoxy) is 1. The van der Waals surface area contributed by atoms with Gasteiger partial charge in [0.2, 0.25) is 0 Å². The number of rotatable bonds is 3. The fourth-order valence-corrected chi connectivity index (χ4v) is 2.25. The largest absolute Gasteiger partial charge is 0.466 e.